The van der Waals surface area contributed by atoms with Crippen molar-refractivity contribution in [3.05, 3.63) is 0 Å². The Hall–Kier alpha value is 0.910. The zero-order chi connectivity index (χ0) is 31.7. The van der Waals surface area contributed by atoms with Gasteiger partial charge in [-0.15, -0.1) is 0 Å². The van der Waals surface area contributed by atoms with Gasteiger partial charge < -0.3 is 0 Å². The number of nitrogens with zero attached hydrogens (tertiary/aromatic N) is 1. The summed E-state index contributed by atoms with van der Waals surface area (Å²) in [6.45, 7) is 0.413. The van der Waals surface area contributed by atoms with Crippen molar-refractivity contribution in [3.63, 3.8) is 0 Å². The molecule has 0 spiro atoms. The molecule has 1 heterocycles. The molecule has 1 amide bonds. The van der Waals surface area contributed by atoms with Crippen LogP contribution >= 0.6 is 37.7 Å². The molecule has 0 N–H and O–H groups in total. The van der Waals surface area contributed by atoms with Crippen LogP contribution in [0.3, 0.4) is 0 Å². The first kappa shape index (κ1) is 35.3. The van der Waals surface area contributed by atoms with Gasteiger partial charge in [0.2, 0.25) is 0 Å². The van der Waals surface area contributed by atoms with E-state index in [4.69, 9.17) is 28.5 Å². The van der Waals surface area contributed by atoms with Gasteiger partial charge in [0.25, 0.3) is 0 Å². The van der Waals surface area contributed by atoms with E-state index in [1.54, 1.807) is 0 Å². The monoisotopic (exact) mass is 712 g/mol. The van der Waals surface area contributed by atoms with Gasteiger partial charge in [0.05, 0.1) is 0 Å². The van der Waals surface area contributed by atoms with Gasteiger partial charge in [-0.2, -0.15) is 0 Å². The fourth-order valence-corrected chi connectivity index (χ4v) is 42.4. The first-order valence-electron chi connectivity index (χ1n) is 21.1. The Labute approximate surface area is 294 Å². The third-order valence-electron chi connectivity index (χ3n) is 16.3. The molecule has 0 atom stereocenters. The molecule has 6 saturated carbocycles. The average molecular weight is 714 g/mol. The van der Waals surface area contributed by atoms with Crippen LogP contribution in [0, 0.1) is 0 Å². The summed E-state index contributed by atoms with van der Waals surface area (Å²) >= 11 is 16.8. The average Bonchev–Trinajstić information content (AvgIpc) is 3.37. The molecule has 1 radical (unpaired) electrons. The fourth-order valence-electron chi connectivity index (χ4n) is 15.3. The van der Waals surface area contributed by atoms with Crippen LogP contribution in [0.25, 0.3) is 0 Å². The van der Waals surface area contributed by atoms with E-state index in [-0.39, 0.29) is 0 Å². The number of halogens is 2. The van der Waals surface area contributed by atoms with Crippen molar-refractivity contribution in [3.8, 4) is 0 Å². The van der Waals surface area contributed by atoms with Crippen LogP contribution in [-0.4, -0.2) is 55.6 Å². The van der Waals surface area contributed by atoms with Crippen LogP contribution in [-0.2, 0) is 4.79 Å². The summed E-state index contributed by atoms with van der Waals surface area (Å²) in [5.74, 6) is 0.360. The van der Waals surface area contributed by atoms with Gasteiger partial charge >= 0.3 is 296 Å². The zero-order valence-corrected chi connectivity index (χ0v) is 33.0. The topological polar surface area (TPSA) is 31.2 Å². The number of alkyl halides is 2. The number of hydrogen-bond acceptors (Lipinski definition) is 1. The van der Waals surface area contributed by atoms with E-state index in [1.165, 1.54) is 193 Å². The normalized spacial score (nSPS) is 33.6. The minimum atomic E-state index is -2.54. The minimum absolute atomic E-state index is 0.360. The molecule has 0 aromatic rings. The number of hydrogen-bond donors (Lipinski definition) is 0. The summed E-state index contributed by atoms with van der Waals surface area (Å²) in [6, 6.07) is 0. The van der Waals surface area contributed by atoms with Crippen molar-refractivity contribution in [2.24, 2.45) is 0 Å². The Balaban J connectivity index is 1.60. The number of amides is 1. The van der Waals surface area contributed by atoms with Gasteiger partial charge in [-0.05, 0) is 0 Å². The van der Waals surface area contributed by atoms with Gasteiger partial charge in [0.1, 0.15) is 0 Å². The van der Waals surface area contributed by atoms with Crippen molar-refractivity contribution in [2.45, 2.75) is 236 Å². The van der Waals surface area contributed by atoms with Crippen LogP contribution in [0.2, 0.25) is 0 Å². The maximum atomic E-state index is 16.2. The van der Waals surface area contributed by atoms with Crippen LogP contribution in [0.5, 0.6) is 0 Å². The molecule has 7 aliphatic rings. The van der Waals surface area contributed by atoms with E-state index < -0.39 is 23.8 Å². The van der Waals surface area contributed by atoms with Crippen LogP contribution < -0.4 is 5.32 Å². The number of carbonyl (C=O) groups is 1. The van der Waals surface area contributed by atoms with Gasteiger partial charge in [0.15, 0.2) is 0 Å². The molecular formula is C40H70Cl2NOP2. The van der Waals surface area contributed by atoms with Crippen LogP contribution in [0.15, 0.2) is 0 Å². The summed E-state index contributed by atoms with van der Waals surface area (Å²) in [7, 11) is -5.08. The molecule has 1 saturated heterocycles. The molecule has 2 nitrogen and oxygen atoms in total. The summed E-state index contributed by atoms with van der Waals surface area (Å²) in [5, 5.41) is 5.21. The SMILES string of the molecule is O=C1[N]CC(Cl)(Cl)C1([PH](C1CCCCC1)(C1CCCCC1)C1CCCCC1)[PH](C1CCCCC1)(C1CCCCC1)C1CCCCC1. The third kappa shape index (κ3) is 5.64. The molecule has 265 valence electrons. The van der Waals surface area contributed by atoms with Crippen molar-refractivity contribution in [1.82, 2.24) is 5.32 Å². The van der Waals surface area contributed by atoms with Crippen molar-refractivity contribution in [1.29, 1.82) is 0 Å². The van der Waals surface area contributed by atoms with E-state index in [0.29, 0.717) is 12.5 Å². The first-order valence-corrected chi connectivity index (χ1v) is 26.3. The summed E-state index contributed by atoms with van der Waals surface area (Å²) in [6.07, 6.45) is 41.4. The Kier molecular flexibility index (Phi) is 11.7. The molecule has 7 fully saturated rings. The molecule has 6 heteroatoms. The Morgan fingerprint density at radius 2 is 0.630 bits per heavy atom. The van der Waals surface area contributed by atoms with Crippen molar-refractivity contribution < 1.29 is 4.79 Å². The van der Waals surface area contributed by atoms with Gasteiger partial charge in [-0.25, -0.2) is 0 Å². The van der Waals surface area contributed by atoms with E-state index in [9.17, 15) is 0 Å². The number of carbonyl (C=O) groups excluding carboxylic acids is 1. The molecule has 7 rings (SSSR count). The van der Waals surface area contributed by atoms with E-state index >= 15 is 4.79 Å². The van der Waals surface area contributed by atoms with E-state index in [0.717, 1.165) is 34.0 Å². The molecule has 0 aromatic carbocycles. The second-order valence-corrected chi connectivity index (χ2v) is 30.1. The van der Waals surface area contributed by atoms with Crippen LogP contribution in [0.1, 0.15) is 193 Å². The Bertz CT molecular complexity index is 846. The van der Waals surface area contributed by atoms with Crippen LogP contribution in [0.4, 0.5) is 0 Å². The van der Waals surface area contributed by atoms with Crippen molar-refractivity contribution >= 4 is 43.6 Å². The molecule has 46 heavy (non-hydrogen) atoms. The van der Waals surface area contributed by atoms with Crippen molar-refractivity contribution in [2.75, 3.05) is 6.54 Å². The van der Waals surface area contributed by atoms with E-state index in [1.807, 2.05) is 0 Å². The summed E-state index contributed by atoms with van der Waals surface area (Å²) in [5.41, 5.74) is 4.44. The Morgan fingerprint density at radius 3 is 0.804 bits per heavy atom. The quantitative estimate of drug-likeness (QED) is 0.182. The molecular weight excluding hydrogens is 643 g/mol. The summed E-state index contributed by atoms with van der Waals surface area (Å²) < 4.78 is -0.985. The molecule has 0 bridgehead atoms. The molecule has 0 unspecified atom stereocenters. The second kappa shape index (κ2) is 15.3. The molecule has 1 aliphatic heterocycles. The zero-order valence-electron chi connectivity index (χ0n) is 29.5. The molecule has 0 aromatic heterocycles. The second-order valence-electron chi connectivity index (χ2n) is 18.0. The standard InChI is InChI=1S/C40H70Cl2NOP2/c41-39(42)31-43-38(44)40(39,45(32-19-7-1-8-20-32,33-21-9-2-10-22-33)34-23-11-3-12-24-34)46(35-25-13-4-14-26-35,36-27-15-5-16-28-36)37-29-17-6-18-30-37/h32-37,45-46H,1-31H2. The molecule has 6 aliphatic carbocycles. The Morgan fingerprint density at radius 1 is 0.413 bits per heavy atom. The third-order valence-corrected chi connectivity index (χ3v) is 35.8. The van der Waals surface area contributed by atoms with Gasteiger partial charge in [-0.3, -0.25) is 0 Å². The van der Waals surface area contributed by atoms with Gasteiger partial charge in [0, 0.05) is 0 Å². The fraction of sp³-hybridized carbons (Fsp3) is 0.975. The maximum absolute atomic E-state index is 16.2. The van der Waals surface area contributed by atoms with E-state index in [2.05, 4.69) is 0 Å². The summed E-state index contributed by atoms with van der Waals surface area (Å²) in [4.78, 5) is 15.7. The van der Waals surface area contributed by atoms with Gasteiger partial charge in [-0.1, -0.05) is 0 Å². The number of rotatable bonds is 8. The first-order chi connectivity index (χ1) is 22.5. The predicted molar refractivity (Wildman–Crippen MR) is 207 cm³/mol. The predicted octanol–water partition coefficient (Wildman–Crippen LogP) is 12.5.